The number of hydrogen-bond donors (Lipinski definition) is 2. The van der Waals surface area contributed by atoms with Gasteiger partial charge in [-0.2, -0.15) is 0 Å². The van der Waals surface area contributed by atoms with E-state index in [1.165, 1.54) is 6.07 Å². The largest absolute Gasteiger partial charge is 0.477 e. The van der Waals surface area contributed by atoms with Gasteiger partial charge in [-0.1, -0.05) is 0 Å². The highest BCUT2D eigenvalue weighted by molar-refractivity contribution is 9.11. The topological polar surface area (TPSA) is 92.7 Å². The predicted octanol–water partition coefficient (Wildman–Crippen LogP) is 2.30. The second kappa shape index (κ2) is 6.74. The predicted molar refractivity (Wildman–Crippen MR) is 82.3 cm³/mol. The quantitative estimate of drug-likeness (QED) is 0.794. The third-order valence-electron chi connectivity index (χ3n) is 3.47. The standard InChI is InChI=1S/C12H16BrNO5S2/c1-7(8-2-4-19-5-3-8)14-21(17,18)10-6-9(12(15)16)20-11(10)13/h6-8,14H,2-5H2,1H3,(H,15,16). The molecule has 1 unspecified atom stereocenters. The summed E-state index contributed by atoms with van der Waals surface area (Å²) in [4.78, 5) is 10.9. The molecule has 2 N–H and O–H groups in total. The Kier molecular flexibility index (Phi) is 5.42. The molecule has 1 aromatic rings. The van der Waals surface area contributed by atoms with Crippen LogP contribution in [0.4, 0.5) is 0 Å². The Morgan fingerprint density at radius 3 is 2.67 bits per heavy atom. The van der Waals surface area contributed by atoms with E-state index in [-0.39, 0.29) is 21.7 Å². The Hall–Kier alpha value is -0.480. The molecule has 2 rings (SSSR count). The van der Waals surface area contributed by atoms with Crippen LogP contribution < -0.4 is 4.72 Å². The molecule has 0 bridgehead atoms. The van der Waals surface area contributed by atoms with Crippen molar-refractivity contribution in [2.45, 2.75) is 30.7 Å². The summed E-state index contributed by atoms with van der Waals surface area (Å²) >= 11 is 4.01. The fourth-order valence-electron chi connectivity index (χ4n) is 2.26. The number of carboxylic acid groups (broad SMARTS) is 1. The number of ether oxygens (including phenoxy) is 1. The summed E-state index contributed by atoms with van der Waals surface area (Å²) in [5.41, 5.74) is 0. The molecule has 0 aliphatic carbocycles. The first-order chi connectivity index (χ1) is 9.81. The van der Waals surface area contributed by atoms with Gasteiger partial charge < -0.3 is 9.84 Å². The number of rotatable bonds is 5. The smallest absolute Gasteiger partial charge is 0.345 e. The van der Waals surface area contributed by atoms with E-state index in [0.29, 0.717) is 17.0 Å². The van der Waals surface area contributed by atoms with Crippen LogP contribution in [0.2, 0.25) is 0 Å². The van der Waals surface area contributed by atoms with Crippen molar-refractivity contribution in [2.24, 2.45) is 5.92 Å². The molecule has 0 radical (unpaired) electrons. The van der Waals surface area contributed by atoms with Gasteiger partial charge in [0, 0.05) is 19.3 Å². The lowest BCUT2D eigenvalue weighted by molar-refractivity contribution is 0.0585. The molecule has 21 heavy (non-hydrogen) atoms. The summed E-state index contributed by atoms with van der Waals surface area (Å²) in [7, 11) is -3.74. The van der Waals surface area contributed by atoms with Gasteiger partial charge in [-0.25, -0.2) is 17.9 Å². The second-order valence-electron chi connectivity index (χ2n) is 4.91. The summed E-state index contributed by atoms with van der Waals surface area (Å²) in [5, 5.41) is 8.93. The zero-order chi connectivity index (χ0) is 15.6. The van der Waals surface area contributed by atoms with Crippen molar-refractivity contribution in [3.8, 4) is 0 Å². The average molecular weight is 398 g/mol. The van der Waals surface area contributed by atoms with Gasteiger partial charge in [-0.15, -0.1) is 11.3 Å². The molecule has 1 fully saturated rings. The molecule has 118 valence electrons. The molecule has 1 atom stereocenters. The van der Waals surface area contributed by atoms with Crippen LogP contribution >= 0.6 is 27.3 Å². The third kappa shape index (κ3) is 4.04. The van der Waals surface area contributed by atoms with Gasteiger partial charge in [0.1, 0.15) is 9.77 Å². The van der Waals surface area contributed by atoms with Gasteiger partial charge in [-0.3, -0.25) is 0 Å². The van der Waals surface area contributed by atoms with E-state index in [1.54, 1.807) is 0 Å². The Morgan fingerprint density at radius 1 is 1.52 bits per heavy atom. The van der Waals surface area contributed by atoms with Crippen molar-refractivity contribution < 1.29 is 23.1 Å². The molecule has 9 heteroatoms. The average Bonchev–Trinajstić information content (AvgIpc) is 2.82. The van der Waals surface area contributed by atoms with Crippen molar-refractivity contribution in [1.29, 1.82) is 0 Å². The first-order valence-corrected chi connectivity index (χ1v) is 9.53. The lowest BCUT2D eigenvalue weighted by Gasteiger charge is -2.28. The summed E-state index contributed by atoms with van der Waals surface area (Å²) < 4.78 is 33.0. The van der Waals surface area contributed by atoms with Gasteiger partial charge in [-0.05, 0) is 47.7 Å². The van der Waals surface area contributed by atoms with Crippen molar-refractivity contribution in [3.63, 3.8) is 0 Å². The Labute approximate surface area is 135 Å². The minimum absolute atomic E-state index is 0.0130. The number of thiophene rings is 1. The molecule has 0 spiro atoms. The summed E-state index contributed by atoms with van der Waals surface area (Å²) in [6.07, 6.45) is 1.63. The number of nitrogens with one attached hydrogen (secondary N) is 1. The van der Waals surface area contributed by atoms with Crippen LogP contribution in [0.1, 0.15) is 29.4 Å². The summed E-state index contributed by atoms with van der Waals surface area (Å²) in [6, 6.07) is 0.954. The number of carboxylic acids is 1. The second-order valence-corrected chi connectivity index (χ2v) is 8.97. The molecule has 0 amide bonds. The van der Waals surface area contributed by atoms with Crippen LogP contribution in [0.25, 0.3) is 0 Å². The van der Waals surface area contributed by atoms with E-state index in [4.69, 9.17) is 9.84 Å². The van der Waals surface area contributed by atoms with Crippen LogP contribution in [-0.2, 0) is 14.8 Å². The number of carbonyl (C=O) groups is 1. The highest BCUT2D eigenvalue weighted by atomic mass is 79.9. The van der Waals surface area contributed by atoms with Crippen molar-refractivity contribution in [1.82, 2.24) is 4.72 Å². The van der Waals surface area contributed by atoms with Gasteiger partial charge in [0.05, 0.1) is 3.79 Å². The molecule has 1 saturated heterocycles. The molecule has 0 saturated carbocycles. The van der Waals surface area contributed by atoms with Crippen LogP contribution in [0, 0.1) is 5.92 Å². The fraction of sp³-hybridized carbons (Fsp3) is 0.583. The van der Waals surface area contributed by atoms with E-state index in [1.807, 2.05) is 6.92 Å². The lowest BCUT2D eigenvalue weighted by Crippen LogP contribution is -2.40. The normalized spacial score (nSPS) is 18.6. The zero-order valence-electron chi connectivity index (χ0n) is 11.3. The lowest BCUT2D eigenvalue weighted by atomic mass is 9.94. The van der Waals surface area contributed by atoms with Gasteiger partial charge >= 0.3 is 5.97 Å². The summed E-state index contributed by atoms with van der Waals surface area (Å²) in [6.45, 7) is 3.11. The maximum absolute atomic E-state index is 12.4. The molecular formula is C12H16BrNO5S2. The Morgan fingerprint density at radius 2 is 2.14 bits per heavy atom. The Bertz CT molecular complexity index is 622. The number of sulfonamides is 1. The van der Waals surface area contributed by atoms with Crippen LogP contribution in [0.5, 0.6) is 0 Å². The van der Waals surface area contributed by atoms with E-state index in [2.05, 4.69) is 20.7 Å². The molecular weight excluding hydrogens is 382 g/mol. The Balaban J connectivity index is 2.16. The van der Waals surface area contributed by atoms with E-state index in [9.17, 15) is 13.2 Å². The molecule has 6 nitrogen and oxygen atoms in total. The minimum atomic E-state index is -3.74. The monoisotopic (exact) mass is 397 g/mol. The number of aromatic carboxylic acids is 1. The van der Waals surface area contributed by atoms with E-state index < -0.39 is 16.0 Å². The first-order valence-electron chi connectivity index (χ1n) is 6.44. The maximum atomic E-state index is 12.4. The molecule has 0 aromatic carbocycles. The van der Waals surface area contributed by atoms with Crippen molar-refractivity contribution in [3.05, 3.63) is 14.7 Å². The third-order valence-corrected chi connectivity index (χ3v) is 7.27. The molecule has 1 aliphatic heterocycles. The highest BCUT2D eigenvalue weighted by Gasteiger charge is 2.28. The van der Waals surface area contributed by atoms with Crippen LogP contribution in [0.15, 0.2) is 14.7 Å². The van der Waals surface area contributed by atoms with Crippen molar-refractivity contribution >= 4 is 43.3 Å². The first kappa shape index (κ1) is 16.9. The van der Waals surface area contributed by atoms with Gasteiger partial charge in [0.15, 0.2) is 0 Å². The molecule has 1 aromatic heterocycles. The summed E-state index contributed by atoms with van der Waals surface area (Å²) in [5.74, 6) is -0.912. The number of halogens is 1. The molecule has 2 heterocycles. The van der Waals surface area contributed by atoms with Crippen molar-refractivity contribution in [2.75, 3.05) is 13.2 Å². The minimum Gasteiger partial charge on any atom is -0.477 e. The fourth-order valence-corrected chi connectivity index (χ4v) is 5.98. The van der Waals surface area contributed by atoms with Gasteiger partial charge in [0.25, 0.3) is 0 Å². The number of hydrogen-bond acceptors (Lipinski definition) is 5. The zero-order valence-corrected chi connectivity index (χ0v) is 14.6. The SMILES string of the molecule is CC(NS(=O)(=O)c1cc(C(=O)O)sc1Br)C1CCOCC1. The van der Waals surface area contributed by atoms with E-state index >= 15 is 0 Å². The van der Waals surface area contributed by atoms with Crippen LogP contribution in [-0.4, -0.2) is 38.7 Å². The maximum Gasteiger partial charge on any atom is 0.345 e. The van der Waals surface area contributed by atoms with E-state index in [0.717, 1.165) is 24.2 Å². The highest BCUT2D eigenvalue weighted by Crippen LogP contribution is 2.32. The molecule has 1 aliphatic rings. The van der Waals surface area contributed by atoms with Gasteiger partial charge in [0.2, 0.25) is 10.0 Å². The van der Waals surface area contributed by atoms with Crippen LogP contribution in [0.3, 0.4) is 0 Å².